The molecule has 0 spiro atoms. The number of benzene rings is 1. The van der Waals surface area contributed by atoms with Crippen LogP contribution in [0.25, 0.3) is 0 Å². The third-order valence-electron chi connectivity index (χ3n) is 3.87. The van der Waals surface area contributed by atoms with Gasteiger partial charge in [0.1, 0.15) is 5.82 Å². The lowest BCUT2D eigenvalue weighted by Gasteiger charge is -2.33. The Hall–Kier alpha value is -2.38. The molecule has 0 fully saturated rings. The van der Waals surface area contributed by atoms with Gasteiger partial charge in [-0.3, -0.25) is 0 Å². The van der Waals surface area contributed by atoms with E-state index in [1.165, 1.54) is 20.4 Å². The zero-order valence-electron chi connectivity index (χ0n) is 12.5. The van der Waals surface area contributed by atoms with Crippen LogP contribution in [-0.2, 0) is 0 Å². The van der Waals surface area contributed by atoms with Gasteiger partial charge in [0.2, 0.25) is 0 Å². The van der Waals surface area contributed by atoms with Crippen LogP contribution >= 0.6 is 0 Å². The highest BCUT2D eigenvalue weighted by atomic mass is 19.4. The minimum absolute atomic E-state index is 0.165. The highest BCUT2D eigenvalue weighted by Crippen LogP contribution is 2.44. The minimum atomic E-state index is -4.38. The van der Waals surface area contributed by atoms with E-state index in [9.17, 15) is 13.2 Å². The van der Waals surface area contributed by atoms with E-state index in [0.717, 1.165) is 4.68 Å². The summed E-state index contributed by atoms with van der Waals surface area (Å²) < 4.78 is 51.2. The van der Waals surface area contributed by atoms with Crippen LogP contribution in [0.15, 0.2) is 24.4 Å². The van der Waals surface area contributed by atoms with Crippen molar-refractivity contribution in [2.24, 2.45) is 0 Å². The topological polar surface area (TPSA) is 48.3 Å². The highest BCUT2D eigenvalue weighted by molar-refractivity contribution is 5.47. The zero-order chi connectivity index (χ0) is 16.6. The highest BCUT2D eigenvalue weighted by Gasteiger charge is 2.46. The Morgan fingerprint density at radius 3 is 2.65 bits per heavy atom. The number of hydrogen-bond acceptors (Lipinski definition) is 4. The largest absolute Gasteiger partial charge is 0.493 e. The number of fused-ring (bicyclic) bond motifs is 1. The van der Waals surface area contributed by atoms with Gasteiger partial charge in [0, 0.05) is 12.5 Å². The summed E-state index contributed by atoms with van der Waals surface area (Å²) in [6.07, 6.45) is -3.31. The van der Waals surface area contributed by atoms with Crippen LogP contribution in [0.5, 0.6) is 11.5 Å². The third-order valence-corrected chi connectivity index (χ3v) is 3.87. The standard InChI is InChI=1S/C15H15F3N3O2/c1-22-11-4-3-9(7-12(11)23-2)10-8-13(15(16,17)18)21-14(20-10)5-6-19-21/h3-4,6-7,10,13,20H,8H2,1-2H3. The molecule has 123 valence electrons. The molecule has 1 aromatic heterocycles. The van der Waals surface area contributed by atoms with Crippen molar-refractivity contribution in [3.05, 3.63) is 36.0 Å². The van der Waals surface area contributed by atoms with E-state index < -0.39 is 18.3 Å². The van der Waals surface area contributed by atoms with Gasteiger partial charge < -0.3 is 14.8 Å². The maximum atomic E-state index is 13.3. The van der Waals surface area contributed by atoms with Crippen molar-refractivity contribution in [3.8, 4) is 11.5 Å². The summed E-state index contributed by atoms with van der Waals surface area (Å²) in [6.45, 7) is 0. The number of halogens is 3. The summed E-state index contributed by atoms with van der Waals surface area (Å²) in [5.74, 6) is 1.22. The Labute approximate surface area is 131 Å². The van der Waals surface area contributed by atoms with Crippen molar-refractivity contribution in [2.75, 3.05) is 19.5 Å². The molecule has 2 heterocycles. The van der Waals surface area contributed by atoms with Crippen LogP contribution < -0.4 is 14.8 Å². The van der Waals surface area contributed by atoms with Crippen LogP contribution in [0.1, 0.15) is 24.1 Å². The molecule has 1 N–H and O–H groups in total. The van der Waals surface area contributed by atoms with Gasteiger partial charge in [-0.2, -0.15) is 18.3 Å². The second-order valence-electron chi connectivity index (χ2n) is 5.19. The first-order chi connectivity index (χ1) is 10.9. The number of alkyl halides is 3. The van der Waals surface area contributed by atoms with Gasteiger partial charge in [-0.05, 0) is 17.7 Å². The first-order valence-corrected chi connectivity index (χ1v) is 6.94. The first kappa shape index (κ1) is 15.5. The van der Waals surface area contributed by atoms with Crippen LogP contribution in [0.3, 0.4) is 0 Å². The molecule has 2 unspecified atom stereocenters. The molecule has 1 aromatic carbocycles. The number of rotatable bonds is 3. The van der Waals surface area contributed by atoms with E-state index in [0.29, 0.717) is 17.1 Å². The lowest BCUT2D eigenvalue weighted by Crippen LogP contribution is -2.35. The Bertz CT molecular complexity index is 700. The first-order valence-electron chi connectivity index (χ1n) is 6.94. The van der Waals surface area contributed by atoms with E-state index >= 15 is 0 Å². The molecule has 3 rings (SSSR count). The zero-order valence-corrected chi connectivity index (χ0v) is 12.5. The van der Waals surface area contributed by atoms with Gasteiger partial charge in [-0.15, -0.1) is 0 Å². The molecular formula is C15H15F3N3O2. The molecule has 1 aliphatic rings. The second-order valence-corrected chi connectivity index (χ2v) is 5.19. The molecule has 0 saturated carbocycles. The molecular weight excluding hydrogens is 311 g/mol. The number of hydrogen-bond donors (Lipinski definition) is 1. The summed E-state index contributed by atoms with van der Waals surface area (Å²) in [5.41, 5.74) is 0.678. The fraction of sp³-hybridized carbons (Fsp3) is 0.400. The number of nitrogens with zero attached hydrogens (tertiary/aromatic N) is 2. The van der Waals surface area contributed by atoms with Crippen molar-refractivity contribution < 1.29 is 22.6 Å². The van der Waals surface area contributed by atoms with Gasteiger partial charge in [0.15, 0.2) is 17.5 Å². The smallest absolute Gasteiger partial charge is 0.410 e. The molecule has 2 atom stereocenters. The second kappa shape index (κ2) is 5.68. The van der Waals surface area contributed by atoms with E-state index in [1.54, 1.807) is 18.2 Å². The summed E-state index contributed by atoms with van der Waals surface area (Å²) in [4.78, 5) is 0. The van der Waals surface area contributed by atoms with Crippen molar-refractivity contribution in [1.29, 1.82) is 0 Å². The summed E-state index contributed by atoms with van der Waals surface area (Å²) >= 11 is 0. The van der Waals surface area contributed by atoms with Crippen molar-refractivity contribution in [3.63, 3.8) is 0 Å². The molecule has 0 bridgehead atoms. The number of methoxy groups -OCH3 is 2. The summed E-state index contributed by atoms with van der Waals surface area (Å²) in [7, 11) is 2.99. The van der Waals surface area contributed by atoms with Crippen molar-refractivity contribution in [1.82, 2.24) is 9.78 Å². The molecule has 5 nitrogen and oxygen atoms in total. The number of anilines is 1. The average molecular weight is 326 g/mol. The minimum Gasteiger partial charge on any atom is -0.493 e. The van der Waals surface area contributed by atoms with Crippen molar-refractivity contribution >= 4 is 5.82 Å². The molecule has 0 aliphatic carbocycles. The summed E-state index contributed by atoms with van der Waals surface area (Å²) in [5, 5.41) is 6.76. The van der Waals surface area contributed by atoms with Gasteiger partial charge in [0.25, 0.3) is 0 Å². The van der Waals surface area contributed by atoms with E-state index in [-0.39, 0.29) is 12.2 Å². The maximum Gasteiger partial charge on any atom is 0.410 e. The van der Waals surface area contributed by atoms with Gasteiger partial charge in [0.05, 0.1) is 26.5 Å². The van der Waals surface area contributed by atoms with Crippen molar-refractivity contribution in [2.45, 2.75) is 24.7 Å². The molecule has 1 aliphatic heterocycles. The molecule has 1 radical (unpaired) electrons. The summed E-state index contributed by atoms with van der Waals surface area (Å²) in [6, 6.07) is 5.55. The molecule has 8 heteroatoms. The lowest BCUT2D eigenvalue weighted by atomic mass is 9.96. The molecule has 2 aromatic rings. The molecule has 0 saturated heterocycles. The van der Waals surface area contributed by atoms with Crippen LogP contribution in [-0.4, -0.2) is 30.2 Å². The van der Waals surface area contributed by atoms with Crippen LogP contribution in [0, 0.1) is 6.07 Å². The monoisotopic (exact) mass is 326 g/mol. The predicted octanol–water partition coefficient (Wildman–Crippen LogP) is 3.36. The number of nitrogens with one attached hydrogen (secondary N) is 1. The quantitative estimate of drug-likeness (QED) is 0.939. The van der Waals surface area contributed by atoms with Crippen LogP contribution in [0.2, 0.25) is 0 Å². The fourth-order valence-corrected chi connectivity index (χ4v) is 2.73. The molecule has 0 amide bonds. The van der Waals surface area contributed by atoms with Gasteiger partial charge >= 0.3 is 6.18 Å². The normalized spacial score (nSPS) is 20.6. The Morgan fingerprint density at radius 2 is 2.00 bits per heavy atom. The predicted molar refractivity (Wildman–Crippen MR) is 76.7 cm³/mol. The van der Waals surface area contributed by atoms with E-state index in [1.807, 2.05) is 0 Å². The SMILES string of the molecule is COc1ccc(C2CC(C(F)(F)F)n3nc[c]c3N2)cc1OC. The van der Waals surface area contributed by atoms with E-state index in [4.69, 9.17) is 9.47 Å². The lowest BCUT2D eigenvalue weighted by molar-refractivity contribution is -0.173. The third kappa shape index (κ3) is 2.80. The fourth-order valence-electron chi connectivity index (χ4n) is 2.73. The number of ether oxygens (including phenoxy) is 2. The molecule has 23 heavy (non-hydrogen) atoms. The Balaban J connectivity index is 1.96. The van der Waals surface area contributed by atoms with Crippen LogP contribution in [0.4, 0.5) is 19.0 Å². The Morgan fingerprint density at radius 1 is 1.26 bits per heavy atom. The maximum absolute atomic E-state index is 13.3. The van der Waals surface area contributed by atoms with Gasteiger partial charge in [-0.1, -0.05) is 6.07 Å². The Kier molecular flexibility index (Phi) is 3.83. The van der Waals surface area contributed by atoms with E-state index in [2.05, 4.69) is 16.5 Å². The van der Waals surface area contributed by atoms with Gasteiger partial charge in [-0.25, -0.2) is 4.68 Å². The average Bonchev–Trinajstić information content (AvgIpc) is 3.00. The number of aromatic nitrogens is 2.